The van der Waals surface area contributed by atoms with Crippen LogP contribution in [0.5, 0.6) is 0 Å². The third-order valence-electron chi connectivity index (χ3n) is 2.20. The largest absolute Gasteiger partial charge is 0.352 e. The summed E-state index contributed by atoms with van der Waals surface area (Å²) >= 11 is 0. The molecule has 0 aromatic rings. The van der Waals surface area contributed by atoms with E-state index in [1.165, 1.54) is 19.3 Å². The van der Waals surface area contributed by atoms with Gasteiger partial charge in [0.1, 0.15) is 0 Å². The summed E-state index contributed by atoms with van der Waals surface area (Å²) in [6.45, 7) is 7.16. The van der Waals surface area contributed by atoms with Gasteiger partial charge in [0.25, 0.3) is 0 Å². The average molecular weight is 186 g/mol. The van der Waals surface area contributed by atoms with E-state index < -0.39 is 6.03 Å². The Balaban J connectivity index is 3.59. The summed E-state index contributed by atoms with van der Waals surface area (Å²) < 4.78 is 0. The molecule has 0 saturated carbocycles. The number of carbonyl (C=O) groups excluding carboxylic acids is 1. The molecule has 0 rings (SSSR count). The van der Waals surface area contributed by atoms with Gasteiger partial charge in [-0.15, -0.1) is 0 Å². The standard InChI is InChI=1S/C10H22N2O/c1-4-5-6-7-10(2,3)8-12-9(11)13/h4-8H2,1-3H3,(H3,11,12,13). The lowest BCUT2D eigenvalue weighted by atomic mass is 9.87. The number of hydrogen-bond donors (Lipinski definition) is 2. The molecule has 0 unspecified atom stereocenters. The van der Waals surface area contributed by atoms with Gasteiger partial charge in [-0.2, -0.15) is 0 Å². The van der Waals surface area contributed by atoms with Crippen LogP contribution >= 0.6 is 0 Å². The van der Waals surface area contributed by atoms with Gasteiger partial charge in [-0.25, -0.2) is 4.79 Å². The van der Waals surface area contributed by atoms with Crippen molar-refractivity contribution in [2.24, 2.45) is 11.1 Å². The van der Waals surface area contributed by atoms with Crippen molar-refractivity contribution < 1.29 is 4.79 Å². The minimum Gasteiger partial charge on any atom is -0.352 e. The van der Waals surface area contributed by atoms with Gasteiger partial charge in [0, 0.05) is 6.54 Å². The molecule has 0 radical (unpaired) electrons. The monoisotopic (exact) mass is 186 g/mol. The Bertz CT molecular complexity index is 155. The molecule has 0 aromatic carbocycles. The van der Waals surface area contributed by atoms with Gasteiger partial charge < -0.3 is 11.1 Å². The van der Waals surface area contributed by atoms with Crippen LogP contribution in [0.3, 0.4) is 0 Å². The van der Waals surface area contributed by atoms with Crippen molar-refractivity contribution in [1.29, 1.82) is 0 Å². The van der Waals surface area contributed by atoms with Gasteiger partial charge in [0.2, 0.25) is 0 Å². The molecular weight excluding hydrogens is 164 g/mol. The van der Waals surface area contributed by atoms with Crippen LogP contribution in [-0.2, 0) is 0 Å². The van der Waals surface area contributed by atoms with E-state index in [4.69, 9.17) is 5.73 Å². The maximum absolute atomic E-state index is 10.5. The predicted molar refractivity (Wildman–Crippen MR) is 55.5 cm³/mol. The maximum atomic E-state index is 10.5. The van der Waals surface area contributed by atoms with Gasteiger partial charge >= 0.3 is 6.03 Å². The molecule has 0 aliphatic heterocycles. The van der Waals surface area contributed by atoms with Crippen LogP contribution in [0, 0.1) is 5.41 Å². The van der Waals surface area contributed by atoms with Crippen molar-refractivity contribution in [2.45, 2.75) is 46.5 Å². The number of nitrogens with one attached hydrogen (secondary N) is 1. The molecule has 0 atom stereocenters. The van der Waals surface area contributed by atoms with E-state index in [9.17, 15) is 4.79 Å². The molecule has 3 heteroatoms. The van der Waals surface area contributed by atoms with Crippen LogP contribution in [0.1, 0.15) is 46.5 Å². The van der Waals surface area contributed by atoms with E-state index in [2.05, 4.69) is 26.1 Å². The second-order valence-corrected chi connectivity index (χ2v) is 4.34. The van der Waals surface area contributed by atoms with Crippen molar-refractivity contribution in [3.63, 3.8) is 0 Å². The summed E-state index contributed by atoms with van der Waals surface area (Å²) in [5, 5.41) is 2.65. The summed E-state index contributed by atoms with van der Waals surface area (Å²) in [6, 6.07) is -0.427. The topological polar surface area (TPSA) is 55.1 Å². The minimum absolute atomic E-state index is 0.171. The number of nitrogens with two attached hydrogens (primary N) is 1. The number of carbonyl (C=O) groups is 1. The summed E-state index contributed by atoms with van der Waals surface area (Å²) in [7, 11) is 0. The lowest BCUT2D eigenvalue weighted by Gasteiger charge is -2.24. The second-order valence-electron chi connectivity index (χ2n) is 4.34. The lowest BCUT2D eigenvalue weighted by molar-refractivity contribution is 0.238. The Morgan fingerprint density at radius 1 is 1.38 bits per heavy atom. The Morgan fingerprint density at radius 2 is 2.00 bits per heavy atom. The van der Waals surface area contributed by atoms with E-state index in [-0.39, 0.29) is 5.41 Å². The fourth-order valence-corrected chi connectivity index (χ4v) is 1.27. The minimum atomic E-state index is -0.427. The van der Waals surface area contributed by atoms with Gasteiger partial charge in [-0.1, -0.05) is 40.0 Å². The number of unbranched alkanes of at least 4 members (excludes halogenated alkanes) is 2. The molecule has 0 bridgehead atoms. The molecule has 0 aliphatic carbocycles. The fraction of sp³-hybridized carbons (Fsp3) is 0.900. The van der Waals surface area contributed by atoms with Crippen molar-refractivity contribution >= 4 is 6.03 Å². The molecule has 0 fully saturated rings. The van der Waals surface area contributed by atoms with Gasteiger partial charge in [-0.3, -0.25) is 0 Å². The van der Waals surface area contributed by atoms with Gasteiger partial charge in [-0.05, 0) is 11.8 Å². The molecule has 78 valence electrons. The highest BCUT2D eigenvalue weighted by atomic mass is 16.2. The van der Waals surface area contributed by atoms with Crippen LogP contribution in [0.4, 0.5) is 4.79 Å². The fourth-order valence-electron chi connectivity index (χ4n) is 1.27. The third kappa shape index (κ3) is 7.62. The smallest absolute Gasteiger partial charge is 0.312 e. The van der Waals surface area contributed by atoms with Crippen molar-refractivity contribution in [1.82, 2.24) is 5.32 Å². The molecule has 13 heavy (non-hydrogen) atoms. The molecule has 3 N–H and O–H groups in total. The van der Waals surface area contributed by atoms with E-state index in [0.29, 0.717) is 6.54 Å². The van der Waals surface area contributed by atoms with E-state index in [0.717, 1.165) is 6.42 Å². The first kappa shape index (κ1) is 12.3. The molecule has 0 aliphatic rings. The molecule has 0 heterocycles. The first-order valence-corrected chi connectivity index (χ1v) is 5.01. The quantitative estimate of drug-likeness (QED) is 0.614. The van der Waals surface area contributed by atoms with Crippen LogP contribution in [0.15, 0.2) is 0 Å². The molecule has 2 amide bonds. The average Bonchev–Trinajstić information content (AvgIpc) is 2.02. The molecule has 3 nitrogen and oxygen atoms in total. The maximum Gasteiger partial charge on any atom is 0.312 e. The number of amides is 2. The lowest BCUT2D eigenvalue weighted by Crippen LogP contribution is -2.37. The highest BCUT2D eigenvalue weighted by Crippen LogP contribution is 2.22. The van der Waals surface area contributed by atoms with Crippen molar-refractivity contribution in [3.8, 4) is 0 Å². The zero-order valence-corrected chi connectivity index (χ0v) is 9.02. The summed E-state index contributed by atoms with van der Waals surface area (Å²) in [5.74, 6) is 0. The van der Waals surface area contributed by atoms with Crippen LogP contribution < -0.4 is 11.1 Å². The number of hydrogen-bond acceptors (Lipinski definition) is 1. The Morgan fingerprint density at radius 3 is 2.46 bits per heavy atom. The van der Waals surface area contributed by atoms with Crippen molar-refractivity contribution in [2.75, 3.05) is 6.54 Å². The third-order valence-corrected chi connectivity index (χ3v) is 2.20. The zero-order chi connectivity index (χ0) is 10.3. The Kier molecular flexibility index (Phi) is 5.51. The normalized spacial score (nSPS) is 11.3. The second kappa shape index (κ2) is 5.84. The van der Waals surface area contributed by atoms with Crippen molar-refractivity contribution in [3.05, 3.63) is 0 Å². The van der Waals surface area contributed by atoms with E-state index in [1.807, 2.05) is 0 Å². The van der Waals surface area contributed by atoms with E-state index in [1.54, 1.807) is 0 Å². The van der Waals surface area contributed by atoms with Crippen LogP contribution in [0.2, 0.25) is 0 Å². The highest BCUT2D eigenvalue weighted by Gasteiger charge is 2.17. The summed E-state index contributed by atoms with van der Waals surface area (Å²) in [4.78, 5) is 10.5. The summed E-state index contributed by atoms with van der Waals surface area (Å²) in [5.41, 5.74) is 5.18. The molecule has 0 saturated heterocycles. The molecule has 0 spiro atoms. The number of rotatable bonds is 6. The van der Waals surface area contributed by atoms with Crippen LogP contribution in [-0.4, -0.2) is 12.6 Å². The highest BCUT2D eigenvalue weighted by molar-refractivity contribution is 5.71. The van der Waals surface area contributed by atoms with Gasteiger partial charge in [0.05, 0.1) is 0 Å². The van der Waals surface area contributed by atoms with Gasteiger partial charge in [0.15, 0.2) is 0 Å². The molecule has 0 aromatic heterocycles. The predicted octanol–water partition coefficient (Wildman–Crippen LogP) is 2.26. The SMILES string of the molecule is CCCCCC(C)(C)CNC(N)=O. The molecular formula is C10H22N2O. The first-order chi connectivity index (χ1) is 5.98. The Labute approximate surface area is 81.1 Å². The van der Waals surface area contributed by atoms with E-state index >= 15 is 0 Å². The number of urea groups is 1. The summed E-state index contributed by atoms with van der Waals surface area (Å²) in [6.07, 6.45) is 4.87. The number of primary amides is 1. The Hall–Kier alpha value is -0.730. The zero-order valence-electron chi connectivity index (χ0n) is 9.02. The van der Waals surface area contributed by atoms with Crippen LogP contribution in [0.25, 0.3) is 0 Å². The first-order valence-electron chi connectivity index (χ1n) is 5.01.